The van der Waals surface area contributed by atoms with E-state index in [1.165, 1.54) is 7.15 Å². The Morgan fingerprint density at radius 3 is 2.47 bits per heavy atom. The molecule has 94 valence electrons. The van der Waals surface area contributed by atoms with Crippen LogP contribution in [0.2, 0.25) is 0 Å². The first-order valence-corrected chi connectivity index (χ1v) is 7.81. The maximum atomic E-state index is 5.70. The number of ether oxygens (including phenoxy) is 1. The van der Waals surface area contributed by atoms with Crippen LogP contribution in [0.3, 0.4) is 0 Å². The Labute approximate surface area is 131 Å². The summed E-state index contributed by atoms with van der Waals surface area (Å²) in [6.07, 6.45) is 3.34. The molecule has 1 rings (SSSR count). The molecule has 0 aliphatic rings. The van der Waals surface area contributed by atoms with Crippen LogP contribution in [-0.4, -0.2) is 6.61 Å². The first kappa shape index (κ1) is 15.4. The van der Waals surface area contributed by atoms with Gasteiger partial charge in [-0.2, -0.15) is 0 Å². The fraction of sp³-hybridized carbons (Fsp3) is 0.429. The summed E-state index contributed by atoms with van der Waals surface area (Å²) in [4.78, 5) is 0. The second kappa shape index (κ2) is 7.74. The van der Waals surface area contributed by atoms with E-state index in [0.717, 1.165) is 13.0 Å². The Hall–Kier alpha value is 0.380. The highest BCUT2D eigenvalue weighted by molar-refractivity contribution is 14.2. The van der Waals surface area contributed by atoms with E-state index in [-0.39, 0.29) is 5.41 Å². The Balaban J connectivity index is 2.27. The third-order valence-corrected chi connectivity index (χ3v) is 3.12. The van der Waals surface area contributed by atoms with Gasteiger partial charge in [0.15, 0.2) is 0 Å². The van der Waals surface area contributed by atoms with Crippen molar-refractivity contribution in [2.24, 2.45) is 5.41 Å². The molecule has 0 aliphatic carbocycles. The first-order valence-electron chi connectivity index (χ1n) is 5.65. The molecule has 17 heavy (non-hydrogen) atoms. The summed E-state index contributed by atoms with van der Waals surface area (Å²) < 4.78 is 7.02. The van der Waals surface area contributed by atoms with Gasteiger partial charge in [-0.25, -0.2) is 0 Å². The van der Waals surface area contributed by atoms with Gasteiger partial charge >= 0.3 is 0 Å². The molecular weight excluding hydrogens is 438 g/mol. The Morgan fingerprint density at radius 2 is 1.88 bits per heavy atom. The van der Waals surface area contributed by atoms with Crippen LogP contribution in [-0.2, 0) is 11.3 Å². The summed E-state index contributed by atoms with van der Waals surface area (Å²) in [5.74, 6) is 0. The van der Waals surface area contributed by atoms with E-state index in [4.69, 9.17) is 4.74 Å². The molecule has 0 amide bonds. The molecule has 0 aromatic heterocycles. The van der Waals surface area contributed by atoms with E-state index in [1.54, 1.807) is 0 Å². The lowest BCUT2D eigenvalue weighted by molar-refractivity contribution is 0.101. The SMILES string of the molecule is CC(C)(C=C(I)I)CCOCc1ccccc1. The quantitative estimate of drug-likeness (QED) is 0.416. The van der Waals surface area contributed by atoms with E-state index in [2.05, 4.69) is 77.2 Å². The third-order valence-electron chi connectivity index (χ3n) is 2.50. The number of hydrogen-bond acceptors (Lipinski definition) is 1. The molecule has 0 N–H and O–H groups in total. The average Bonchev–Trinajstić information content (AvgIpc) is 2.24. The van der Waals surface area contributed by atoms with Crippen molar-refractivity contribution in [2.45, 2.75) is 26.9 Å². The molecule has 1 aromatic rings. The zero-order chi connectivity index (χ0) is 12.7. The predicted octanol–water partition coefficient (Wildman–Crippen LogP) is 5.33. The highest BCUT2D eigenvalue weighted by Gasteiger charge is 2.14. The molecule has 0 unspecified atom stereocenters. The van der Waals surface area contributed by atoms with Crippen LogP contribution in [0.4, 0.5) is 0 Å². The van der Waals surface area contributed by atoms with Crippen LogP contribution in [0.25, 0.3) is 0 Å². The molecule has 0 heterocycles. The smallest absolute Gasteiger partial charge is 0.0716 e. The minimum atomic E-state index is 0.217. The van der Waals surface area contributed by atoms with Crippen LogP contribution in [0.15, 0.2) is 38.0 Å². The summed E-state index contributed by atoms with van der Waals surface area (Å²) in [5, 5.41) is 0. The molecule has 0 bridgehead atoms. The number of allylic oxidation sites excluding steroid dienone is 1. The topological polar surface area (TPSA) is 9.23 Å². The van der Waals surface area contributed by atoms with Gasteiger partial charge in [0.25, 0.3) is 0 Å². The van der Waals surface area contributed by atoms with Crippen molar-refractivity contribution < 1.29 is 4.74 Å². The van der Waals surface area contributed by atoms with Gasteiger partial charge in [0.05, 0.1) is 6.61 Å². The second-order valence-electron chi connectivity index (χ2n) is 4.71. The van der Waals surface area contributed by atoms with E-state index < -0.39 is 0 Å². The summed E-state index contributed by atoms with van der Waals surface area (Å²) in [7, 11) is 0. The molecule has 0 atom stereocenters. The molecule has 0 radical (unpaired) electrons. The third kappa shape index (κ3) is 7.41. The van der Waals surface area contributed by atoms with Gasteiger partial charge in [0.2, 0.25) is 0 Å². The number of benzene rings is 1. The number of rotatable bonds is 6. The largest absolute Gasteiger partial charge is 0.377 e. The standard InChI is InChI=1S/C14H18I2O/c1-14(2,10-13(15)16)8-9-17-11-12-6-4-3-5-7-12/h3-7,10H,8-9,11H2,1-2H3. The van der Waals surface area contributed by atoms with Crippen LogP contribution in [0.1, 0.15) is 25.8 Å². The van der Waals surface area contributed by atoms with Crippen molar-refractivity contribution in [1.82, 2.24) is 0 Å². The Kier molecular flexibility index (Phi) is 7.02. The van der Waals surface area contributed by atoms with Gasteiger partial charge < -0.3 is 4.74 Å². The van der Waals surface area contributed by atoms with Crippen molar-refractivity contribution in [3.8, 4) is 0 Å². The second-order valence-corrected chi connectivity index (χ2v) is 9.10. The Morgan fingerprint density at radius 1 is 1.24 bits per heavy atom. The van der Waals surface area contributed by atoms with Crippen LogP contribution >= 0.6 is 45.2 Å². The molecule has 0 spiro atoms. The molecule has 0 saturated carbocycles. The normalized spacial score (nSPS) is 11.3. The van der Waals surface area contributed by atoms with E-state index >= 15 is 0 Å². The van der Waals surface area contributed by atoms with Gasteiger partial charge in [0.1, 0.15) is 0 Å². The van der Waals surface area contributed by atoms with Gasteiger partial charge in [-0.05, 0) is 62.6 Å². The number of hydrogen-bond donors (Lipinski definition) is 0. The van der Waals surface area contributed by atoms with Crippen LogP contribution < -0.4 is 0 Å². The van der Waals surface area contributed by atoms with Gasteiger partial charge in [-0.15, -0.1) is 0 Å². The molecular formula is C14H18I2O. The summed E-state index contributed by atoms with van der Waals surface area (Å²) in [6.45, 7) is 6.01. The van der Waals surface area contributed by atoms with E-state index in [9.17, 15) is 0 Å². The summed E-state index contributed by atoms with van der Waals surface area (Å²) in [6, 6.07) is 10.3. The van der Waals surface area contributed by atoms with Crippen molar-refractivity contribution in [3.63, 3.8) is 0 Å². The molecule has 1 aromatic carbocycles. The molecule has 0 aliphatic heterocycles. The van der Waals surface area contributed by atoms with Gasteiger partial charge in [0, 0.05) is 8.19 Å². The van der Waals surface area contributed by atoms with E-state index in [1.807, 2.05) is 18.2 Å². The maximum Gasteiger partial charge on any atom is 0.0716 e. The van der Waals surface area contributed by atoms with Crippen molar-refractivity contribution in [2.75, 3.05) is 6.61 Å². The van der Waals surface area contributed by atoms with Crippen LogP contribution in [0.5, 0.6) is 0 Å². The minimum Gasteiger partial charge on any atom is -0.377 e. The maximum absolute atomic E-state index is 5.70. The summed E-state index contributed by atoms with van der Waals surface area (Å²) in [5.41, 5.74) is 1.46. The lowest BCUT2D eigenvalue weighted by atomic mass is 9.90. The highest BCUT2D eigenvalue weighted by Crippen LogP contribution is 2.28. The zero-order valence-electron chi connectivity index (χ0n) is 10.2. The molecule has 0 saturated heterocycles. The lowest BCUT2D eigenvalue weighted by Crippen LogP contribution is -2.11. The zero-order valence-corrected chi connectivity index (χ0v) is 14.6. The molecule has 1 nitrogen and oxygen atoms in total. The fourth-order valence-electron chi connectivity index (χ4n) is 1.47. The number of halogens is 2. The molecule has 0 fully saturated rings. The summed E-state index contributed by atoms with van der Waals surface area (Å²) >= 11 is 4.69. The van der Waals surface area contributed by atoms with Crippen molar-refractivity contribution in [1.29, 1.82) is 0 Å². The predicted molar refractivity (Wildman–Crippen MR) is 90.6 cm³/mol. The first-order chi connectivity index (χ1) is 7.99. The average molecular weight is 456 g/mol. The minimum absolute atomic E-state index is 0.217. The fourth-order valence-corrected chi connectivity index (χ4v) is 3.15. The van der Waals surface area contributed by atoms with Gasteiger partial charge in [-0.3, -0.25) is 0 Å². The monoisotopic (exact) mass is 456 g/mol. The van der Waals surface area contributed by atoms with Crippen LogP contribution in [0, 0.1) is 5.41 Å². The lowest BCUT2D eigenvalue weighted by Gasteiger charge is -2.20. The van der Waals surface area contributed by atoms with Gasteiger partial charge in [-0.1, -0.05) is 50.3 Å². The van der Waals surface area contributed by atoms with Crippen molar-refractivity contribution in [3.05, 3.63) is 43.6 Å². The highest BCUT2D eigenvalue weighted by atomic mass is 127. The Bertz CT molecular complexity index is 354. The van der Waals surface area contributed by atoms with E-state index in [0.29, 0.717) is 6.61 Å². The van der Waals surface area contributed by atoms with Crippen molar-refractivity contribution >= 4 is 45.2 Å². The molecule has 3 heteroatoms.